The van der Waals surface area contributed by atoms with Crippen molar-refractivity contribution in [2.45, 2.75) is 18.9 Å². The number of non-ortho nitro benzene ring substituents is 1. The van der Waals surface area contributed by atoms with E-state index < -0.39 is 28.8 Å². The predicted octanol–water partition coefficient (Wildman–Crippen LogP) is 2.38. The zero-order chi connectivity index (χ0) is 20.0. The van der Waals surface area contributed by atoms with Crippen LogP contribution < -0.4 is 21.1 Å². The molecule has 2 aromatic rings. The summed E-state index contributed by atoms with van der Waals surface area (Å²) in [5.41, 5.74) is 6.43. The number of carbonyl (C=O) groups excluding carboxylic acids is 2. The van der Waals surface area contributed by atoms with Gasteiger partial charge in [0, 0.05) is 18.1 Å². The van der Waals surface area contributed by atoms with E-state index in [9.17, 15) is 19.7 Å². The number of primary amides is 1. The Labute approximate surface area is 155 Å². The largest absolute Gasteiger partial charge is 0.495 e. The number of nitro groups is 1. The molecule has 0 aliphatic rings. The maximum Gasteiger partial charge on any atom is 0.320 e. The number of nitrogens with two attached hydrogens (primary N) is 1. The lowest BCUT2D eigenvalue weighted by Crippen LogP contribution is -2.49. The Balaban J connectivity index is 2.13. The molecular formula is C18H20N4O5. The van der Waals surface area contributed by atoms with Crippen molar-refractivity contribution in [2.75, 3.05) is 12.4 Å². The number of hydrogen-bond acceptors (Lipinski definition) is 5. The number of nitrogens with one attached hydrogen (secondary N) is 2. The Morgan fingerprint density at radius 2 is 1.78 bits per heavy atom. The van der Waals surface area contributed by atoms with Crippen LogP contribution in [0.4, 0.5) is 16.2 Å². The summed E-state index contributed by atoms with van der Waals surface area (Å²) in [5, 5.41) is 15.9. The van der Waals surface area contributed by atoms with Gasteiger partial charge in [-0.2, -0.15) is 0 Å². The minimum atomic E-state index is -1.01. The number of amides is 3. The standard InChI is InChI=1S/C18H20N4O5/c1-11(12-7-9-13(10-8-12)22(25)26)16(17(19)23)21-18(24)20-14-5-3-4-6-15(14)27-2/h3-11,16H,1-2H3,(H2,19,23)(H2,20,21,24). The second-order valence-corrected chi connectivity index (χ2v) is 5.82. The lowest BCUT2D eigenvalue weighted by atomic mass is 9.92. The van der Waals surface area contributed by atoms with Gasteiger partial charge in [0.2, 0.25) is 5.91 Å². The number of benzene rings is 2. The molecule has 0 saturated carbocycles. The summed E-state index contributed by atoms with van der Waals surface area (Å²) in [4.78, 5) is 34.4. The van der Waals surface area contributed by atoms with E-state index in [0.29, 0.717) is 17.0 Å². The molecule has 4 N–H and O–H groups in total. The SMILES string of the molecule is COc1ccccc1NC(=O)NC(C(N)=O)C(C)c1ccc([N+](=O)[O-])cc1. The highest BCUT2D eigenvalue weighted by Gasteiger charge is 2.26. The van der Waals surface area contributed by atoms with E-state index in [1.807, 2.05) is 0 Å². The first-order chi connectivity index (χ1) is 12.8. The summed E-state index contributed by atoms with van der Waals surface area (Å²) in [6.07, 6.45) is 0. The number of carbonyl (C=O) groups is 2. The summed E-state index contributed by atoms with van der Waals surface area (Å²) in [5.74, 6) is -0.755. The fourth-order valence-corrected chi connectivity index (χ4v) is 2.58. The van der Waals surface area contributed by atoms with Crippen LogP contribution in [0.1, 0.15) is 18.4 Å². The summed E-state index contributed by atoms with van der Waals surface area (Å²) >= 11 is 0. The second-order valence-electron chi connectivity index (χ2n) is 5.82. The molecule has 0 spiro atoms. The summed E-state index contributed by atoms with van der Waals surface area (Å²) < 4.78 is 5.16. The highest BCUT2D eigenvalue weighted by atomic mass is 16.6. The number of nitro benzene ring substituents is 1. The van der Waals surface area contributed by atoms with Gasteiger partial charge in [-0.1, -0.05) is 31.2 Å². The second kappa shape index (κ2) is 8.65. The monoisotopic (exact) mass is 372 g/mol. The van der Waals surface area contributed by atoms with Gasteiger partial charge in [0.15, 0.2) is 0 Å². The molecule has 0 radical (unpaired) electrons. The molecule has 2 unspecified atom stereocenters. The first kappa shape index (κ1) is 19.7. The third-order valence-corrected chi connectivity index (χ3v) is 4.08. The maximum absolute atomic E-state index is 12.3. The van der Waals surface area contributed by atoms with Crippen LogP contribution in [0.15, 0.2) is 48.5 Å². The summed E-state index contributed by atoms with van der Waals surface area (Å²) in [6, 6.07) is 10.9. The van der Waals surface area contributed by atoms with Crippen molar-refractivity contribution < 1.29 is 19.2 Å². The van der Waals surface area contributed by atoms with Crippen LogP contribution in [0.25, 0.3) is 0 Å². The Morgan fingerprint density at radius 3 is 2.33 bits per heavy atom. The number of rotatable bonds is 7. The van der Waals surface area contributed by atoms with Crippen LogP contribution in [0.2, 0.25) is 0 Å². The highest BCUT2D eigenvalue weighted by Crippen LogP contribution is 2.24. The zero-order valence-electron chi connectivity index (χ0n) is 14.8. The fraction of sp³-hybridized carbons (Fsp3) is 0.222. The zero-order valence-corrected chi connectivity index (χ0v) is 14.8. The van der Waals surface area contributed by atoms with Crippen molar-refractivity contribution in [3.63, 3.8) is 0 Å². The number of ether oxygens (including phenoxy) is 1. The number of para-hydroxylation sites is 2. The van der Waals surface area contributed by atoms with E-state index in [2.05, 4.69) is 10.6 Å². The van der Waals surface area contributed by atoms with Gasteiger partial charge >= 0.3 is 6.03 Å². The number of urea groups is 1. The number of anilines is 1. The Morgan fingerprint density at radius 1 is 1.15 bits per heavy atom. The first-order valence-electron chi connectivity index (χ1n) is 8.07. The van der Waals surface area contributed by atoms with E-state index >= 15 is 0 Å². The predicted molar refractivity (Wildman–Crippen MR) is 99.6 cm³/mol. The van der Waals surface area contributed by atoms with Gasteiger partial charge < -0.3 is 21.1 Å². The van der Waals surface area contributed by atoms with Crippen molar-refractivity contribution in [1.82, 2.24) is 5.32 Å². The summed E-state index contributed by atoms with van der Waals surface area (Å²) in [6.45, 7) is 1.69. The number of hydrogen-bond donors (Lipinski definition) is 3. The minimum absolute atomic E-state index is 0.0663. The van der Waals surface area contributed by atoms with Crippen molar-refractivity contribution in [2.24, 2.45) is 5.73 Å². The van der Waals surface area contributed by atoms with Crippen LogP contribution in [0.5, 0.6) is 5.75 Å². The van der Waals surface area contributed by atoms with Crippen molar-refractivity contribution in [3.05, 3.63) is 64.2 Å². The van der Waals surface area contributed by atoms with E-state index in [1.165, 1.54) is 31.4 Å². The van der Waals surface area contributed by atoms with Gasteiger partial charge in [-0.3, -0.25) is 14.9 Å². The van der Waals surface area contributed by atoms with Gasteiger partial charge in [0.25, 0.3) is 5.69 Å². The molecule has 9 heteroatoms. The lowest BCUT2D eigenvalue weighted by Gasteiger charge is -2.23. The molecule has 0 heterocycles. The molecule has 2 aromatic carbocycles. The van der Waals surface area contributed by atoms with Gasteiger partial charge in [-0.15, -0.1) is 0 Å². The molecule has 2 atom stereocenters. The Bertz CT molecular complexity index is 838. The average molecular weight is 372 g/mol. The molecule has 0 aliphatic heterocycles. The third kappa shape index (κ3) is 4.94. The lowest BCUT2D eigenvalue weighted by molar-refractivity contribution is -0.384. The van der Waals surface area contributed by atoms with Crippen molar-refractivity contribution in [3.8, 4) is 5.75 Å². The molecule has 142 valence electrons. The van der Waals surface area contributed by atoms with Crippen LogP contribution in [-0.2, 0) is 4.79 Å². The molecule has 9 nitrogen and oxygen atoms in total. The Hall–Kier alpha value is -3.62. The summed E-state index contributed by atoms with van der Waals surface area (Å²) in [7, 11) is 1.47. The van der Waals surface area contributed by atoms with Crippen LogP contribution in [0, 0.1) is 10.1 Å². The topological polar surface area (TPSA) is 137 Å². The van der Waals surface area contributed by atoms with Gasteiger partial charge in [0.1, 0.15) is 11.8 Å². The first-order valence-corrected chi connectivity index (χ1v) is 8.07. The molecule has 0 aromatic heterocycles. The Kier molecular flexibility index (Phi) is 6.32. The third-order valence-electron chi connectivity index (χ3n) is 4.08. The normalized spacial score (nSPS) is 12.5. The quantitative estimate of drug-likeness (QED) is 0.506. The van der Waals surface area contributed by atoms with Crippen molar-refractivity contribution in [1.29, 1.82) is 0 Å². The van der Waals surface area contributed by atoms with Crippen LogP contribution >= 0.6 is 0 Å². The molecule has 0 bridgehead atoms. The molecular weight excluding hydrogens is 352 g/mol. The van der Waals surface area contributed by atoms with Crippen molar-refractivity contribution >= 4 is 23.3 Å². The molecule has 0 fully saturated rings. The smallest absolute Gasteiger partial charge is 0.320 e. The van der Waals surface area contributed by atoms with Gasteiger partial charge in [-0.05, 0) is 17.7 Å². The minimum Gasteiger partial charge on any atom is -0.495 e. The highest BCUT2D eigenvalue weighted by molar-refractivity contribution is 5.94. The molecule has 0 saturated heterocycles. The van der Waals surface area contributed by atoms with E-state index in [1.54, 1.807) is 31.2 Å². The fourth-order valence-electron chi connectivity index (χ4n) is 2.58. The number of nitrogens with zero attached hydrogens (tertiary/aromatic N) is 1. The van der Waals surface area contributed by atoms with E-state index in [0.717, 1.165) is 0 Å². The molecule has 27 heavy (non-hydrogen) atoms. The molecule has 3 amide bonds. The molecule has 2 rings (SSSR count). The average Bonchev–Trinajstić information content (AvgIpc) is 2.65. The van der Waals surface area contributed by atoms with E-state index in [4.69, 9.17) is 10.5 Å². The maximum atomic E-state index is 12.3. The van der Waals surface area contributed by atoms with Crippen LogP contribution in [0.3, 0.4) is 0 Å². The van der Waals surface area contributed by atoms with Crippen LogP contribution in [-0.4, -0.2) is 30.0 Å². The van der Waals surface area contributed by atoms with Gasteiger partial charge in [-0.25, -0.2) is 4.79 Å². The van der Waals surface area contributed by atoms with E-state index in [-0.39, 0.29) is 5.69 Å². The van der Waals surface area contributed by atoms with Gasteiger partial charge in [0.05, 0.1) is 17.7 Å². The number of methoxy groups -OCH3 is 1. The molecule has 0 aliphatic carbocycles.